The minimum absolute atomic E-state index is 0.0400. The predicted octanol–water partition coefficient (Wildman–Crippen LogP) is 3.82. The standard InChI is InChI=1S/C32H43N5O7S/c1-32(2,3)17-27(38)35-25(30(42)43)19-45-15-14-24(29(40)41)36-28(39)26-16-21(18-37(26)4)20-10-12-23(13-11-20)34-31(44)33-22-8-6-5-7-9-22/h5-13,21,24-26H,14-19H2,1-4H3,(H,35,38)(H,36,39)(H,40,41)(H,42,43)(H2,33,34,44). The van der Waals surface area contributed by atoms with E-state index in [1.54, 1.807) is 24.3 Å². The number of carboxylic acid groups (broad SMARTS) is 2. The Morgan fingerprint density at radius 2 is 1.49 bits per heavy atom. The van der Waals surface area contributed by atoms with Crippen molar-refractivity contribution >= 4 is 52.9 Å². The van der Waals surface area contributed by atoms with E-state index >= 15 is 0 Å². The Balaban J connectivity index is 1.47. The van der Waals surface area contributed by atoms with Crippen molar-refractivity contribution in [3.63, 3.8) is 0 Å². The van der Waals surface area contributed by atoms with Crippen LogP contribution in [0.2, 0.25) is 0 Å². The molecule has 0 bridgehead atoms. The Bertz CT molecular complexity index is 1330. The van der Waals surface area contributed by atoms with Crippen molar-refractivity contribution in [3.05, 3.63) is 60.2 Å². The molecule has 0 aromatic heterocycles. The number of para-hydroxylation sites is 1. The average Bonchev–Trinajstić information content (AvgIpc) is 3.35. The van der Waals surface area contributed by atoms with Gasteiger partial charge in [-0.2, -0.15) is 11.8 Å². The summed E-state index contributed by atoms with van der Waals surface area (Å²) in [7, 11) is 1.82. The molecule has 0 radical (unpaired) electrons. The van der Waals surface area contributed by atoms with E-state index in [9.17, 15) is 34.2 Å². The predicted molar refractivity (Wildman–Crippen MR) is 174 cm³/mol. The third kappa shape index (κ3) is 11.7. The molecule has 0 aliphatic carbocycles. The first-order chi connectivity index (χ1) is 21.2. The van der Waals surface area contributed by atoms with Crippen LogP contribution in [0.5, 0.6) is 0 Å². The molecular weight excluding hydrogens is 598 g/mol. The van der Waals surface area contributed by atoms with Crippen LogP contribution in [0.1, 0.15) is 51.5 Å². The number of urea groups is 1. The van der Waals surface area contributed by atoms with Crippen LogP contribution in [0.3, 0.4) is 0 Å². The molecule has 4 amide bonds. The summed E-state index contributed by atoms with van der Waals surface area (Å²) in [5.41, 5.74) is 2.01. The lowest BCUT2D eigenvalue weighted by atomic mass is 9.92. The highest BCUT2D eigenvalue weighted by molar-refractivity contribution is 7.99. The Kier molecular flexibility index (Phi) is 12.8. The summed E-state index contributed by atoms with van der Waals surface area (Å²) in [4.78, 5) is 63.0. The van der Waals surface area contributed by atoms with Gasteiger partial charge in [-0.25, -0.2) is 14.4 Å². The van der Waals surface area contributed by atoms with E-state index in [4.69, 9.17) is 0 Å². The summed E-state index contributed by atoms with van der Waals surface area (Å²) >= 11 is 1.21. The van der Waals surface area contributed by atoms with Gasteiger partial charge in [-0.3, -0.25) is 14.5 Å². The lowest BCUT2D eigenvalue weighted by molar-refractivity contribution is -0.142. The normalized spacial score (nSPS) is 18.0. The number of hydrogen-bond acceptors (Lipinski definition) is 7. The van der Waals surface area contributed by atoms with Gasteiger partial charge in [0.15, 0.2) is 0 Å². The number of amides is 4. The Hall–Kier alpha value is -4.10. The van der Waals surface area contributed by atoms with Gasteiger partial charge in [-0.1, -0.05) is 51.1 Å². The van der Waals surface area contributed by atoms with Crippen LogP contribution in [0.4, 0.5) is 16.2 Å². The lowest BCUT2D eigenvalue weighted by Crippen LogP contribution is -2.48. The molecule has 4 atom stereocenters. The molecule has 6 N–H and O–H groups in total. The van der Waals surface area contributed by atoms with E-state index in [0.717, 1.165) is 5.56 Å². The lowest BCUT2D eigenvalue weighted by Gasteiger charge is -2.22. The van der Waals surface area contributed by atoms with Gasteiger partial charge in [0.25, 0.3) is 0 Å². The van der Waals surface area contributed by atoms with Gasteiger partial charge in [0.1, 0.15) is 12.1 Å². The molecule has 45 heavy (non-hydrogen) atoms. The largest absolute Gasteiger partial charge is 0.480 e. The van der Waals surface area contributed by atoms with Crippen LogP contribution in [0.25, 0.3) is 0 Å². The van der Waals surface area contributed by atoms with Gasteiger partial charge in [0, 0.05) is 30.1 Å². The number of nitrogens with zero attached hydrogens (tertiary/aromatic N) is 1. The molecule has 3 rings (SSSR count). The van der Waals surface area contributed by atoms with Crippen molar-refractivity contribution in [2.75, 3.05) is 35.7 Å². The van der Waals surface area contributed by atoms with E-state index in [1.807, 2.05) is 63.1 Å². The van der Waals surface area contributed by atoms with Gasteiger partial charge in [-0.05, 0) is 66.8 Å². The quantitative estimate of drug-likeness (QED) is 0.167. The fraction of sp³-hybridized carbons (Fsp3) is 0.469. The number of hydrogen-bond donors (Lipinski definition) is 6. The monoisotopic (exact) mass is 641 g/mol. The number of aliphatic carboxylic acids is 2. The molecule has 1 heterocycles. The molecule has 1 saturated heterocycles. The summed E-state index contributed by atoms with van der Waals surface area (Å²) < 4.78 is 0. The fourth-order valence-corrected chi connectivity index (χ4v) is 6.06. The van der Waals surface area contributed by atoms with Crippen LogP contribution in [-0.4, -0.2) is 88.1 Å². The smallest absolute Gasteiger partial charge is 0.327 e. The number of carbonyl (C=O) groups excluding carboxylic acids is 3. The van der Waals surface area contributed by atoms with E-state index in [2.05, 4.69) is 21.3 Å². The molecular formula is C32H43N5O7S. The zero-order valence-electron chi connectivity index (χ0n) is 26.0. The van der Waals surface area contributed by atoms with E-state index in [1.165, 1.54) is 11.8 Å². The molecule has 13 heteroatoms. The summed E-state index contributed by atoms with van der Waals surface area (Å²) in [5.74, 6) is -2.68. The van der Waals surface area contributed by atoms with E-state index < -0.39 is 30.1 Å². The molecule has 2 aromatic carbocycles. The highest BCUT2D eigenvalue weighted by Gasteiger charge is 2.36. The summed E-state index contributed by atoms with van der Waals surface area (Å²) in [5, 5.41) is 29.9. The van der Waals surface area contributed by atoms with Crippen molar-refractivity contribution in [1.29, 1.82) is 0 Å². The van der Waals surface area contributed by atoms with Crippen LogP contribution >= 0.6 is 11.8 Å². The maximum atomic E-state index is 13.1. The first-order valence-corrected chi connectivity index (χ1v) is 15.9. The number of anilines is 2. The maximum absolute atomic E-state index is 13.1. The third-order valence-corrected chi connectivity index (χ3v) is 8.39. The Morgan fingerprint density at radius 3 is 2.07 bits per heavy atom. The Morgan fingerprint density at radius 1 is 0.889 bits per heavy atom. The first-order valence-electron chi connectivity index (χ1n) is 14.8. The number of rotatable bonds is 14. The minimum atomic E-state index is -1.17. The van der Waals surface area contributed by atoms with Gasteiger partial charge in [-0.15, -0.1) is 0 Å². The zero-order valence-corrected chi connectivity index (χ0v) is 26.9. The number of thioether (sulfide) groups is 1. The van der Waals surface area contributed by atoms with E-state index in [-0.39, 0.29) is 53.5 Å². The molecule has 1 aliphatic heterocycles. The second kappa shape index (κ2) is 16.3. The van der Waals surface area contributed by atoms with Crippen molar-refractivity contribution in [2.24, 2.45) is 5.41 Å². The summed E-state index contributed by atoms with van der Waals surface area (Å²) in [6, 6.07) is 13.4. The molecule has 244 valence electrons. The highest BCUT2D eigenvalue weighted by Crippen LogP contribution is 2.31. The van der Waals surface area contributed by atoms with Crippen molar-refractivity contribution < 1.29 is 34.2 Å². The molecule has 0 saturated carbocycles. The topological polar surface area (TPSA) is 177 Å². The number of benzene rings is 2. The molecule has 0 spiro atoms. The highest BCUT2D eigenvalue weighted by atomic mass is 32.2. The van der Waals surface area contributed by atoms with Gasteiger partial charge in [0.05, 0.1) is 6.04 Å². The number of nitrogens with one attached hydrogen (secondary N) is 4. The number of carboxylic acids is 2. The Labute approximate surface area is 267 Å². The molecule has 2 aromatic rings. The first kappa shape index (κ1) is 35.4. The molecule has 1 fully saturated rings. The third-order valence-electron chi connectivity index (χ3n) is 7.30. The van der Waals surface area contributed by atoms with Crippen LogP contribution in [-0.2, 0) is 19.2 Å². The second-order valence-electron chi connectivity index (χ2n) is 12.4. The van der Waals surface area contributed by atoms with Crippen LogP contribution in [0.15, 0.2) is 54.6 Å². The minimum Gasteiger partial charge on any atom is -0.480 e. The van der Waals surface area contributed by atoms with Crippen molar-refractivity contribution in [1.82, 2.24) is 15.5 Å². The maximum Gasteiger partial charge on any atom is 0.327 e. The number of carbonyl (C=O) groups is 5. The zero-order chi connectivity index (χ0) is 33.1. The number of likely N-dealkylation sites (N-methyl/N-ethyl adjacent to an activating group) is 1. The van der Waals surface area contributed by atoms with Gasteiger partial charge >= 0.3 is 18.0 Å². The summed E-state index contributed by atoms with van der Waals surface area (Å²) in [6.07, 6.45) is 0.779. The molecule has 4 unspecified atom stereocenters. The molecule has 1 aliphatic rings. The fourth-order valence-electron chi connectivity index (χ4n) is 5.03. The van der Waals surface area contributed by atoms with Crippen LogP contribution < -0.4 is 21.3 Å². The van der Waals surface area contributed by atoms with Gasteiger partial charge < -0.3 is 31.5 Å². The van der Waals surface area contributed by atoms with Crippen molar-refractivity contribution in [2.45, 2.75) is 64.1 Å². The average molecular weight is 642 g/mol. The summed E-state index contributed by atoms with van der Waals surface area (Å²) in [6.45, 7) is 6.25. The van der Waals surface area contributed by atoms with Crippen molar-refractivity contribution in [3.8, 4) is 0 Å². The van der Waals surface area contributed by atoms with Gasteiger partial charge in [0.2, 0.25) is 11.8 Å². The van der Waals surface area contributed by atoms with Crippen LogP contribution in [0, 0.1) is 5.41 Å². The SMILES string of the molecule is CN1CC(c2ccc(NC(=O)Nc3ccccc3)cc2)CC1C(=O)NC(CCSCC(NC(=O)CC(C)(C)C)C(=O)O)C(=O)O. The second-order valence-corrected chi connectivity index (χ2v) is 13.6. The van der Waals surface area contributed by atoms with E-state index in [0.29, 0.717) is 24.3 Å². The molecule has 12 nitrogen and oxygen atoms in total. The number of likely N-dealkylation sites (tertiary alicyclic amines) is 1.